The maximum absolute atomic E-state index is 12.2. The van der Waals surface area contributed by atoms with Gasteiger partial charge in [-0.25, -0.2) is 0 Å². The molecule has 0 aromatic rings. The number of fused-ring (bicyclic) bond motifs is 5. The molecule has 0 aliphatic heterocycles. The number of carbonyl (C=O) groups is 3. The zero-order valence-electron chi connectivity index (χ0n) is 19.8. The molecule has 5 heteroatoms. The third kappa shape index (κ3) is 4.01. The molecule has 4 aliphatic rings. The molecule has 172 valence electrons. The van der Waals surface area contributed by atoms with Crippen molar-refractivity contribution in [3.63, 3.8) is 0 Å². The number of allylic oxidation sites excluding steroid dienone is 4. The summed E-state index contributed by atoms with van der Waals surface area (Å²) in [6.45, 7) is 9.17. The van der Waals surface area contributed by atoms with Crippen LogP contribution in [0.3, 0.4) is 0 Å². The van der Waals surface area contributed by atoms with E-state index in [0.717, 1.165) is 38.5 Å². The molecule has 0 N–H and O–H groups in total. The molecular formula is C26H38O5. The van der Waals surface area contributed by atoms with Crippen LogP contribution in [0.4, 0.5) is 0 Å². The molecule has 4 aliphatic carbocycles. The fourth-order valence-corrected chi connectivity index (χ4v) is 6.79. The zero-order valence-corrected chi connectivity index (χ0v) is 19.8. The molecule has 0 amide bonds. The molecule has 31 heavy (non-hydrogen) atoms. The topological polar surface area (TPSA) is 69.7 Å². The second-order valence-electron chi connectivity index (χ2n) is 10.3. The van der Waals surface area contributed by atoms with Crippen molar-refractivity contribution in [3.8, 4) is 0 Å². The monoisotopic (exact) mass is 430 g/mol. The number of methoxy groups -OCH3 is 1. The summed E-state index contributed by atoms with van der Waals surface area (Å²) in [5.41, 5.74) is 2.66. The number of hydrogen-bond acceptors (Lipinski definition) is 5. The molecule has 0 radical (unpaired) electrons. The van der Waals surface area contributed by atoms with Gasteiger partial charge < -0.3 is 9.47 Å². The summed E-state index contributed by atoms with van der Waals surface area (Å²) in [6.07, 6.45) is 13.0. The first-order valence-corrected chi connectivity index (χ1v) is 11.8. The van der Waals surface area contributed by atoms with E-state index >= 15 is 0 Å². The lowest BCUT2D eigenvalue weighted by Crippen LogP contribution is -2.58. The van der Waals surface area contributed by atoms with Crippen molar-refractivity contribution in [3.05, 3.63) is 23.3 Å². The van der Waals surface area contributed by atoms with Crippen molar-refractivity contribution in [2.75, 3.05) is 7.11 Å². The van der Waals surface area contributed by atoms with Gasteiger partial charge in [-0.1, -0.05) is 38.0 Å². The second-order valence-corrected chi connectivity index (χ2v) is 10.3. The molecule has 0 saturated heterocycles. The van der Waals surface area contributed by atoms with Gasteiger partial charge in [-0.3, -0.25) is 14.4 Å². The Morgan fingerprint density at radius 1 is 1.19 bits per heavy atom. The summed E-state index contributed by atoms with van der Waals surface area (Å²) in [7, 11) is 1.31. The highest BCUT2D eigenvalue weighted by Gasteiger charge is 2.59. The highest BCUT2D eigenvalue weighted by Crippen LogP contribution is 2.64. The van der Waals surface area contributed by atoms with E-state index in [-0.39, 0.29) is 22.4 Å². The number of rotatable bonds is 3. The average Bonchev–Trinajstić information content (AvgIpc) is 2.75. The van der Waals surface area contributed by atoms with Crippen molar-refractivity contribution in [1.29, 1.82) is 0 Å². The predicted octanol–water partition coefficient (Wildman–Crippen LogP) is 5.33. The lowest BCUT2D eigenvalue weighted by Gasteiger charge is -2.61. The Morgan fingerprint density at radius 3 is 2.55 bits per heavy atom. The van der Waals surface area contributed by atoms with Gasteiger partial charge in [0.2, 0.25) is 0 Å². The van der Waals surface area contributed by atoms with Crippen LogP contribution < -0.4 is 0 Å². The van der Waals surface area contributed by atoms with Crippen LogP contribution in [0.5, 0.6) is 0 Å². The lowest BCUT2D eigenvalue weighted by molar-refractivity contribution is -0.193. The predicted molar refractivity (Wildman–Crippen MR) is 119 cm³/mol. The van der Waals surface area contributed by atoms with E-state index in [1.54, 1.807) is 5.57 Å². The normalized spacial score (nSPS) is 38.7. The van der Waals surface area contributed by atoms with Gasteiger partial charge in [-0.15, -0.1) is 0 Å². The molecule has 0 bridgehead atoms. The van der Waals surface area contributed by atoms with E-state index < -0.39 is 0 Å². The highest BCUT2D eigenvalue weighted by atomic mass is 16.6. The number of carbonyl (C=O) groups excluding carboxylic acids is 3. The van der Waals surface area contributed by atoms with Crippen LogP contribution >= 0.6 is 0 Å². The number of esters is 1. The van der Waals surface area contributed by atoms with Crippen molar-refractivity contribution in [2.24, 2.45) is 22.7 Å². The Kier molecular flexibility index (Phi) is 6.83. The van der Waals surface area contributed by atoms with Crippen LogP contribution in [-0.2, 0) is 23.9 Å². The van der Waals surface area contributed by atoms with Crippen LogP contribution in [0, 0.1) is 22.7 Å². The molecule has 5 atom stereocenters. The first-order chi connectivity index (χ1) is 14.6. The van der Waals surface area contributed by atoms with Crippen molar-refractivity contribution < 1.29 is 23.9 Å². The average molecular weight is 431 g/mol. The van der Waals surface area contributed by atoms with E-state index in [0.29, 0.717) is 36.9 Å². The number of ketones is 1. The van der Waals surface area contributed by atoms with Gasteiger partial charge in [0, 0.05) is 23.7 Å². The summed E-state index contributed by atoms with van der Waals surface area (Å²) >= 11 is 0. The summed E-state index contributed by atoms with van der Waals surface area (Å²) in [4.78, 5) is 33.1. The maximum Gasteiger partial charge on any atom is 0.306 e. The van der Waals surface area contributed by atoms with E-state index in [4.69, 9.17) is 9.53 Å². The zero-order chi connectivity index (χ0) is 22.9. The van der Waals surface area contributed by atoms with Gasteiger partial charge in [0.25, 0.3) is 6.47 Å². The minimum absolute atomic E-state index is 0.00626. The van der Waals surface area contributed by atoms with E-state index in [2.05, 4.69) is 31.6 Å². The standard InChI is InChI=1S/C24H34O3.C2H4O2/c1-5-21(26)27-24(4)12-6-7-20-18-9-8-16-15-17(25)10-13-22(16,2)19(18)11-14-23(20,24)3;1-4-2-3/h11,15,18,20H,5-10,12-14H2,1-4H3;2H,1H3/t18?,20?,22?,23?,24-;/m0./s1. The molecule has 5 nitrogen and oxygen atoms in total. The summed E-state index contributed by atoms with van der Waals surface area (Å²) < 4.78 is 9.96. The smallest absolute Gasteiger partial charge is 0.306 e. The van der Waals surface area contributed by atoms with Crippen molar-refractivity contribution in [2.45, 2.75) is 91.1 Å². The number of ether oxygens (including phenoxy) is 2. The van der Waals surface area contributed by atoms with Crippen molar-refractivity contribution >= 4 is 18.2 Å². The molecular weight excluding hydrogens is 392 g/mol. The van der Waals surface area contributed by atoms with Gasteiger partial charge in [0.15, 0.2) is 5.78 Å². The van der Waals surface area contributed by atoms with Crippen LogP contribution in [0.1, 0.15) is 85.5 Å². The first kappa shape index (κ1) is 23.7. The fraction of sp³-hybridized carbons (Fsp3) is 0.731. The van der Waals surface area contributed by atoms with Gasteiger partial charge in [-0.05, 0) is 69.8 Å². The van der Waals surface area contributed by atoms with E-state index in [1.807, 2.05) is 13.0 Å². The Hall–Kier alpha value is -1.91. The van der Waals surface area contributed by atoms with Gasteiger partial charge in [-0.2, -0.15) is 0 Å². The Bertz CT molecular complexity index is 796. The molecule has 0 aromatic heterocycles. The van der Waals surface area contributed by atoms with E-state index in [9.17, 15) is 9.59 Å². The Balaban J connectivity index is 0.000000628. The van der Waals surface area contributed by atoms with Crippen LogP contribution in [-0.4, -0.2) is 30.9 Å². The minimum atomic E-state index is -0.370. The third-order valence-corrected chi connectivity index (χ3v) is 8.83. The van der Waals surface area contributed by atoms with Crippen LogP contribution in [0.15, 0.2) is 23.3 Å². The molecule has 0 aromatic carbocycles. The largest absolute Gasteiger partial charge is 0.471 e. The van der Waals surface area contributed by atoms with Gasteiger partial charge in [0.1, 0.15) is 5.60 Å². The lowest BCUT2D eigenvalue weighted by atomic mass is 9.46. The van der Waals surface area contributed by atoms with E-state index in [1.165, 1.54) is 19.1 Å². The van der Waals surface area contributed by atoms with Crippen LogP contribution in [0.2, 0.25) is 0 Å². The highest BCUT2D eigenvalue weighted by molar-refractivity contribution is 5.92. The Labute approximate surface area is 186 Å². The SMILES string of the molecule is CCC(=O)O[C@@]1(C)CCCC2C3CCC4=CC(=O)CCC4(C)C3=CCC21C.COC=O. The number of hydrogen-bond donors (Lipinski definition) is 0. The second kappa shape index (κ2) is 8.91. The third-order valence-electron chi connectivity index (χ3n) is 8.83. The quantitative estimate of drug-likeness (QED) is 0.344. The maximum atomic E-state index is 12.2. The molecule has 0 heterocycles. The van der Waals surface area contributed by atoms with Gasteiger partial charge >= 0.3 is 5.97 Å². The van der Waals surface area contributed by atoms with Crippen molar-refractivity contribution in [1.82, 2.24) is 0 Å². The molecule has 2 saturated carbocycles. The molecule has 4 unspecified atom stereocenters. The van der Waals surface area contributed by atoms with Gasteiger partial charge in [0.05, 0.1) is 7.11 Å². The molecule has 2 fully saturated rings. The Morgan fingerprint density at radius 2 is 1.90 bits per heavy atom. The molecule has 4 rings (SSSR count). The van der Waals surface area contributed by atoms with Crippen LogP contribution in [0.25, 0.3) is 0 Å². The summed E-state index contributed by atoms with van der Waals surface area (Å²) in [6, 6.07) is 0. The summed E-state index contributed by atoms with van der Waals surface area (Å²) in [5, 5.41) is 0. The fourth-order valence-electron chi connectivity index (χ4n) is 6.79. The minimum Gasteiger partial charge on any atom is -0.471 e. The first-order valence-electron chi connectivity index (χ1n) is 11.8. The summed E-state index contributed by atoms with van der Waals surface area (Å²) in [5.74, 6) is 1.37. The molecule has 0 spiro atoms.